The molecule has 3 atom stereocenters. The lowest BCUT2D eigenvalue weighted by Gasteiger charge is -2.32. The smallest absolute Gasteiger partial charge is 0.241 e. The van der Waals surface area contributed by atoms with Crippen LogP contribution < -0.4 is 5.32 Å². The van der Waals surface area contributed by atoms with Gasteiger partial charge in [0.15, 0.2) is 0 Å². The Kier molecular flexibility index (Phi) is 5.35. The summed E-state index contributed by atoms with van der Waals surface area (Å²) < 4.78 is 42.6. The normalized spacial score (nSPS) is 25.5. The fourth-order valence-corrected chi connectivity index (χ4v) is 4.69. The molecule has 0 aromatic carbocycles. The second kappa shape index (κ2) is 8.09. The lowest BCUT2D eigenvalue weighted by atomic mass is 9.80. The van der Waals surface area contributed by atoms with E-state index in [1.807, 2.05) is 30.1 Å². The Morgan fingerprint density at radius 2 is 2.12 bits per heavy atom. The minimum atomic E-state index is -2.46. The zero-order valence-electron chi connectivity index (χ0n) is 18.8. The molecule has 1 unspecified atom stereocenters. The van der Waals surface area contributed by atoms with Crippen molar-refractivity contribution in [2.45, 2.75) is 50.7 Å². The molecular formula is C23H28F3N7. The van der Waals surface area contributed by atoms with E-state index in [1.165, 1.54) is 0 Å². The zero-order chi connectivity index (χ0) is 23.3. The number of piperidine rings is 1. The fraction of sp³-hybridized carbons (Fsp3) is 0.478. The second-order valence-corrected chi connectivity index (χ2v) is 9.15. The molecule has 176 valence electrons. The summed E-state index contributed by atoms with van der Waals surface area (Å²) in [6, 6.07) is 5.18. The first-order chi connectivity index (χ1) is 15.7. The second-order valence-electron chi connectivity index (χ2n) is 9.15. The summed E-state index contributed by atoms with van der Waals surface area (Å²) in [6.45, 7) is 4.73. The molecule has 0 bridgehead atoms. The topological polar surface area (TPSA) is 70.7 Å². The number of rotatable bonds is 5. The average Bonchev–Trinajstić information content (AvgIpc) is 3.28. The van der Waals surface area contributed by atoms with E-state index in [0.717, 1.165) is 17.6 Å². The van der Waals surface area contributed by atoms with Gasteiger partial charge in [-0.1, -0.05) is 0 Å². The van der Waals surface area contributed by atoms with E-state index in [4.69, 9.17) is 4.98 Å². The maximum absolute atomic E-state index is 14.4. The molecular weight excluding hydrogens is 431 g/mol. The minimum Gasteiger partial charge on any atom is -0.347 e. The number of halogens is 3. The molecule has 2 aliphatic heterocycles. The van der Waals surface area contributed by atoms with Crippen LogP contribution in [0.1, 0.15) is 33.8 Å². The van der Waals surface area contributed by atoms with Crippen LogP contribution in [-0.4, -0.2) is 69.0 Å². The van der Waals surface area contributed by atoms with Crippen molar-refractivity contribution in [3.05, 3.63) is 36.3 Å². The highest BCUT2D eigenvalue weighted by atomic mass is 19.3. The van der Waals surface area contributed by atoms with Gasteiger partial charge in [0.05, 0.1) is 40.2 Å². The summed E-state index contributed by atoms with van der Waals surface area (Å²) in [5, 5.41) is 7.60. The number of aliphatic imine (C=N–C) groups is 1. The number of likely N-dealkylation sites (tertiary alicyclic amines) is 1. The number of nitrogens with zero attached hydrogens (tertiary/aromatic N) is 6. The molecule has 3 aromatic heterocycles. The highest BCUT2D eigenvalue weighted by Crippen LogP contribution is 2.43. The number of anilines is 1. The van der Waals surface area contributed by atoms with Crippen LogP contribution in [0.4, 0.5) is 24.8 Å². The van der Waals surface area contributed by atoms with Crippen LogP contribution in [0.5, 0.6) is 0 Å². The first-order valence-corrected chi connectivity index (χ1v) is 11.0. The van der Waals surface area contributed by atoms with E-state index in [9.17, 15) is 13.2 Å². The monoisotopic (exact) mass is 459 g/mol. The third kappa shape index (κ3) is 3.86. The van der Waals surface area contributed by atoms with Crippen molar-refractivity contribution >= 4 is 22.9 Å². The summed E-state index contributed by atoms with van der Waals surface area (Å²) in [5.74, 6) is 0.359. The minimum absolute atomic E-state index is 0. The van der Waals surface area contributed by atoms with Crippen molar-refractivity contribution in [1.29, 1.82) is 0 Å². The molecule has 1 saturated heterocycles. The van der Waals surface area contributed by atoms with Crippen molar-refractivity contribution in [2.24, 2.45) is 4.99 Å². The summed E-state index contributed by atoms with van der Waals surface area (Å²) in [6.07, 6.45) is 0.350. The molecule has 1 fully saturated rings. The molecule has 5 rings (SSSR count). The maximum atomic E-state index is 14.4. The van der Waals surface area contributed by atoms with Crippen LogP contribution in [0.2, 0.25) is 0 Å². The van der Waals surface area contributed by atoms with Crippen LogP contribution in [0.15, 0.2) is 35.6 Å². The highest BCUT2D eigenvalue weighted by Gasteiger charge is 2.41. The molecule has 2 aliphatic rings. The number of aromatic nitrogens is 4. The van der Waals surface area contributed by atoms with Gasteiger partial charge in [-0.05, 0) is 45.5 Å². The summed E-state index contributed by atoms with van der Waals surface area (Å²) in [4.78, 5) is 15.6. The number of nitrogens with one attached hydrogen (secondary N) is 1. The van der Waals surface area contributed by atoms with Crippen LogP contribution in [-0.2, 0) is 5.41 Å². The van der Waals surface area contributed by atoms with Gasteiger partial charge in [-0.2, -0.15) is 0 Å². The molecule has 5 heterocycles. The van der Waals surface area contributed by atoms with Crippen LogP contribution in [0, 0.1) is 0 Å². The SMILES string of the molecule is CC1=Nc2ccc(-c3ccn4nc(N[C@@H]5CCN(C)C[C@H]5F)ncc34)nc2C1(C)CC(F)F.[HH]. The van der Waals surface area contributed by atoms with Gasteiger partial charge >= 0.3 is 0 Å². The van der Waals surface area contributed by atoms with Gasteiger partial charge in [0.25, 0.3) is 0 Å². The molecule has 1 N–H and O–H groups in total. The molecule has 0 radical (unpaired) electrons. The van der Waals surface area contributed by atoms with Crippen LogP contribution in [0.25, 0.3) is 16.8 Å². The predicted molar refractivity (Wildman–Crippen MR) is 123 cm³/mol. The maximum Gasteiger partial charge on any atom is 0.241 e. The Bertz CT molecular complexity index is 1230. The van der Waals surface area contributed by atoms with E-state index in [0.29, 0.717) is 41.7 Å². The van der Waals surface area contributed by atoms with E-state index in [2.05, 4.69) is 20.4 Å². The number of hydrogen-bond donors (Lipinski definition) is 1. The quantitative estimate of drug-likeness (QED) is 0.608. The van der Waals surface area contributed by atoms with Crippen molar-refractivity contribution in [3.8, 4) is 11.3 Å². The van der Waals surface area contributed by atoms with E-state index in [1.54, 1.807) is 30.8 Å². The number of pyridine rings is 1. The first-order valence-electron chi connectivity index (χ1n) is 11.0. The Hall–Kier alpha value is -3.01. The molecule has 3 aromatic rings. The molecule has 7 nitrogen and oxygen atoms in total. The van der Waals surface area contributed by atoms with Crippen molar-refractivity contribution < 1.29 is 14.6 Å². The van der Waals surface area contributed by atoms with Gasteiger partial charge in [-0.15, -0.1) is 5.10 Å². The molecule has 0 saturated carbocycles. The molecule has 10 heteroatoms. The molecule has 0 aliphatic carbocycles. The Balaban J connectivity index is 0.00000274. The van der Waals surface area contributed by atoms with Gasteiger partial charge < -0.3 is 10.2 Å². The lowest BCUT2D eigenvalue weighted by molar-refractivity contribution is 0.121. The standard InChI is InChI=1S/C23H26F3N7.H2/c1-13-23(2,10-20(25)26)21-18(28-13)5-4-16(29-21)14-6-9-33-19(14)11-27-22(31-33)30-17-7-8-32(3)12-15(17)24;/h4-6,9,11,15,17,20H,7-8,10,12H2,1-3H3,(H,30,31);1H/t15-,17-,23?;/m1./s1. The van der Waals surface area contributed by atoms with Crippen molar-refractivity contribution in [3.63, 3.8) is 0 Å². The van der Waals surface area contributed by atoms with E-state index >= 15 is 0 Å². The number of alkyl halides is 3. The Morgan fingerprint density at radius 3 is 2.88 bits per heavy atom. The van der Waals surface area contributed by atoms with Gasteiger partial charge in [-0.25, -0.2) is 27.7 Å². The fourth-order valence-electron chi connectivity index (χ4n) is 4.69. The van der Waals surface area contributed by atoms with E-state index < -0.39 is 18.0 Å². The molecule has 33 heavy (non-hydrogen) atoms. The van der Waals surface area contributed by atoms with Crippen LogP contribution >= 0.6 is 0 Å². The van der Waals surface area contributed by atoms with Gasteiger partial charge in [0, 0.05) is 38.4 Å². The van der Waals surface area contributed by atoms with Gasteiger partial charge in [0.1, 0.15) is 6.17 Å². The first kappa shape index (κ1) is 21.8. The largest absolute Gasteiger partial charge is 0.347 e. The summed E-state index contributed by atoms with van der Waals surface area (Å²) in [7, 11) is 1.91. The average molecular weight is 460 g/mol. The van der Waals surface area contributed by atoms with Gasteiger partial charge in [-0.3, -0.25) is 4.99 Å². The Morgan fingerprint density at radius 1 is 1.30 bits per heavy atom. The number of fused-ring (bicyclic) bond motifs is 2. The van der Waals surface area contributed by atoms with Crippen molar-refractivity contribution in [2.75, 3.05) is 25.5 Å². The highest BCUT2D eigenvalue weighted by molar-refractivity contribution is 5.99. The molecule has 0 amide bonds. The number of hydrogen-bond acceptors (Lipinski definition) is 6. The third-order valence-corrected chi connectivity index (χ3v) is 6.80. The summed E-state index contributed by atoms with van der Waals surface area (Å²) >= 11 is 0. The van der Waals surface area contributed by atoms with Gasteiger partial charge in [0.2, 0.25) is 12.4 Å². The predicted octanol–water partition coefficient (Wildman–Crippen LogP) is 4.51. The zero-order valence-corrected chi connectivity index (χ0v) is 18.8. The molecule has 0 spiro atoms. The van der Waals surface area contributed by atoms with E-state index in [-0.39, 0.29) is 13.9 Å². The van der Waals surface area contributed by atoms with Crippen molar-refractivity contribution in [1.82, 2.24) is 24.5 Å². The Labute approximate surface area is 191 Å². The third-order valence-electron chi connectivity index (χ3n) is 6.80. The lowest BCUT2D eigenvalue weighted by Crippen LogP contribution is -2.46. The van der Waals surface area contributed by atoms with Crippen LogP contribution in [0.3, 0.4) is 0 Å². The summed E-state index contributed by atoms with van der Waals surface area (Å²) in [5.41, 5.74) is 3.08.